The highest BCUT2D eigenvalue weighted by molar-refractivity contribution is 5.88. The molecule has 0 fully saturated rings. The van der Waals surface area contributed by atoms with Gasteiger partial charge in [0.25, 0.3) is 0 Å². The van der Waals surface area contributed by atoms with Crippen molar-refractivity contribution in [1.29, 1.82) is 5.26 Å². The second-order valence-electron chi connectivity index (χ2n) is 8.83. The molecule has 0 spiro atoms. The van der Waals surface area contributed by atoms with Gasteiger partial charge in [-0.15, -0.1) is 0 Å². The number of nitro groups is 1. The summed E-state index contributed by atoms with van der Waals surface area (Å²) in [6.07, 6.45) is 0. The number of aromatic carboxylic acids is 1. The highest BCUT2D eigenvalue weighted by Crippen LogP contribution is 2.40. The number of ether oxygens (including phenoxy) is 3. The van der Waals surface area contributed by atoms with Crippen molar-refractivity contribution in [3.63, 3.8) is 0 Å². The molecule has 0 atom stereocenters. The third-order valence-corrected chi connectivity index (χ3v) is 5.86. The number of nitrogens with one attached hydrogen (secondary N) is 1. The van der Waals surface area contributed by atoms with E-state index < -0.39 is 22.5 Å². The minimum Gasteiger partial charge on any atom is -0.478 e. The summed E-state index contributed by atoms with van der Waals surface area (Å²) in [6.45, 7) is 0.165. The van der Waals surface area contributed by atoms with Gasteiger partial charge in [0.2, 0.25) is 5.82 Å². The number of carboxylic acid groups (broad SMARTS) is 1. The number of nitrogens with zero attached hydrogens (tertiary/aromatic N) is 4. The van der Waals surface area contributed by atoms with E-state index in [4.69, 9.17) is 14.2 Å². The number of nitriles is 1. The molecule has 43 heavy (non-hydrogen) atoms. The molecule has 0 bridgehead atoms. The zero-order chi connectivity index (χ0) is 30.2. The van der Waals surface area contributed by atoms with E-state index in [0.29, 0.717) is 5.75 Å². The Kier molecular flexibility index (Phi) is 8.35. The summed E-state index contributed by atoms with van der Waals surface area (Å²) in [5.41, 5.74) is 0.371. The molecular formula is C31H21N5O7. The number of aromatic nitrogens is 2. The Morgan fingerprint density at radius 2 is 1.58 bits per heavy atom. The van der Waals surface area contributed by atoms with Crippen LogP contribution in [-0.4, -0.2) is 26.0 Å². The Morgan fingerprint density at radius 3 is 2.28 bits per heavy atom. The number of rotatable bonds is 11. The molecule has 0 radical (unpaired) electrons. The van der Waals surface area contributed by atoms with E-state index in [2.05, 4.69) is 15.3 Å². The van der Waals surface area contributed by atoms with Crippen LogP contribution in [0.3, 0.4) is 0 Å². The van der Waals surface area contributed by atoms with Gasteiger partial charge in [0.15, 0.2) is 11.5 Å². The highest BCUT2D eigenvalue weighted by Gasteiger charge is 2.28. The Morgan fingerprint density at radius 1 is 0.860 bits per heavy atom. The van der Waals surface area contributed by atoms with Crippen LogP contribution >= 0.6 is 0 Å². The number of para-hydroxylation sites is 1. The lowest BCUT2D eigenvalue weighted by molar-refractivity contribution is -0.385. The van der Waals surface area contributed by atoms with Gasteiger partial charge in [0, 0.05) is 12.6 Å². The van der Waals surface area contributed by atoms with Gasteiger partial charge in [0.05, 0.1) is 22.1 Å². The number of carbonyl (C=O) groups is 1. The third-order valence-electron chi connectivity index (χ3n) is 5.86. The first kappa shape index (κ1) is 28.1. The van der Waals surface area contributed by atoms with Gasteiger partial charge in [0.1, 0.15) is 11.5 Å². The minimum absolute atomic E-state index is 0.0127. The number of carboxylic acids is 1. The molecule has 0 unspecified atom stereocenters. The molecule has 212 valence electrons. The molecule has 5 aromatic rings. The van der Waals surface area contributed by atoms with Gasteiger partial charge in [-0.25, -0.2) is 4.79 Å². The summed E-state index contributed by atoms with van der Waals surface area (Å²) in [7, 11) is 0. The molecule has 0 saturated carbocycles. The minimum atomic E-state index is -1.21. The number of benzene rings is 4. The molecule has 0 amide bonds. The quantitative estimate of drug-likeness (QED) is 0.123. The largest absolute Gasteiger partial charge is 0.478 e. The lowest BCUT2D eigenvalue weighted by Gasteiger charge is -2.14. The first-order valence-electron chi connectivity index (χ1n) is 12.7. The lowest BCUT2D eigenvalue weighted by atomic mass is 10.2. The maximum absolute atomic E-state index is 12.2. The maximum Gasteiger partial charge on any atom is 0.373 e. The van der Waals surface area contributed by atoms with Crippen LogP contribution in [0.2, 0.25) is 0 Å². The summed E-state index contributed by atoms with van der Waals surface area (Å²) in [5.74, 6) is -1.16. The molecule has 0 aliphatic rings. The van der Waals surface area contributed by atoms with Crippen LogP contribution < -0.4 is 19.5 Å². The van der Waals surface area contributed by atoms with Crippen molar-refractivity contribution in [1.82, 2.24) is 9.97 Å². The molecule has 1 aromatic heterocycles. The molecule has 5 rings (SSSR count). The number of hydrogen-bond donors (Lipinski definition) is 2. The molecule has 4 aromatic carbocycles. The van der Waals surface area contributed by atoms with E-state index >= 15 is 0 Å². The fourth-order valence-corrected chi connectivity index (χ4v) is 3.86. The topological polar surface area (TPSA) is 170 Å². The third kappa shape index (κ3) is 7.00. The zero-order valence-corrected chi connectivity index (χ0v) is 22.2. The number of hydrogen-bond acceptors (Lipinski definition) is 10. The van der Waals surface area contributed by atoms with E-state index in [-0.39, 0.29) is 46.7 Å². The fraction of sp³-hybridized carbons (Fsp3) is 0.0323. The van der Waals surface area contributed by atoms with Crippen LogP contribution in [0.1, 0.15) is 21.5 Å². The molecular weight excluding hydrogens is 554 g/mol. The Bertz CT molecular complexity index is 1830. The van der Waals surface area contributed by atoms with E-state index in [9.17, 15) is 25.3 Å². The van der Waals surface area contributed by atoms with Crippen molar-refractivity contribution < 1.29 is 29.0 Å². The van der Waals surface area contributed by atoms with Crippen LogP contribution in [0.4, 0.5) is 11.5 Å². The summed E-state index contributed by atoms with van der Waals surface area (Å²) in [6, 6.07) is 29.5. The molecule has 0 saturated heterocycles. The van der Waals surface area contributed by atoms with Crippen molar-refractivity contribution in [3.05, 3.63) is 130 Å². The highest BCUT2D eigenvalue weighted by atomic mass is 16.6. The number of anilines is 1. The van der Waals surface area contributed by atoms with Gasteiger partial charge in [-0.2, -0.15) is 15.2 Å². The first-order chi connectivity index (χ1) is 20.9. The van der Waals surface area contributed by atoms with Gasteiger partial charge >= 0.3 is 23.5 Å². The SMILES string of the molecule is N#Cc1ccc(Oc2ccccc2)c(Oc2nc(NCc3ccccc3)c([N+](=O)[O-])c(Oc3cccc(C(=O)O)c3)n2)c1. The van der Waals surface area contributed by atoms with E-state index in [0.717, 1.165) is 5.56 Å². The van der Waals surface area contributed by atoms with Crippen LogP contribution in [-0.2, 0) is 6.54 Å². The molecule has 12 nitrogen and oxygen atoms in total. The van der Waals surface area contributed by atoms with Crippen molar-refractivity contribution >= 4 is 17.5 Å². The van der Waals surface area contributed by atoms with Crippen LogP contribution in [0.15, 0.2) is 103 Å². The van der Waals surface area contributed by atoms with Crippen LogP contribution in [0.5, 0.6) is 34.9 Å². The van der Waals surface area contributed by atoms with Crippen molar-refractivity contribution in [2.75, 3.05) is 5.32 Å². The summed E-state index contributed by atoms with van der Waals surface area (Å²) >= 11 is 0. The smallest absolute Gasteiger partial charge is 0.373 e. The zero-order valence-electron chi connectivity index (χ0n) is 22.2. The molecule has 0 aliphatic carbocycles. The Balaban J connectivity index is 1.58. The van der Waals surface area contributed by atoms with Crippen molar-refractivity contribution in [2.45, 2.75) is 6.54 Å². The summed E-state index contributed by atoms with van der Waals surface area (Å²) in [5, 5.41) is 34.0. The van der Waals surface area contributed by atoms with Crippen LogP contribution in [0, 0.1) is 21.4 Å². The van der Waals surface area contributed by atoms with Crippen LogP contribution in [0.25, 0.3) is 0 Å². The fourth-order valence-electron chi connectivity index (χ4n) is 3.86. The predicted molar refractivity (Wildman–Crippen MR) is 154 cm³/mol. The van der Waals surface area contributed by atoms with Crippen molar-refractivity contribution in [3.8, 4) is 41.0 Å². The van der Waals surface area contributed by atoms with Gasteiger partial charge in [-0.3, -0.25) is 10.1 Å². The second-order valence-corrected chi connectivity index (χ2v) is 8.83. The molecule has 1 heterocycles. The summed E-state index contributed by atoms with van der Waals surface area (Å²) in [4.78, 5) is 31.4. The molecule has 0 aliphatic heterocycles. The van der Waals surface area contributed by atoms with E-state index in [1.54, 1.807) is 30.3 Å². The average molecular weight is 576 g/mol. The normalized spacial score (nSPS) is 10.3. The Hall–Kier alpha value is -6.48. The van der Waals surface area contributed by atoms with Gasteiger partial charge in [-0.1, -0.05) is 54.6 Å². The van der Waals surface area contributed by atoms with E-state index in [1.807, 2.05) is 42.5 Å². The summed E-state index contributed by atoms with van der Waals surface area (Å²) < 4.78 is 17.6. The second kappa shape index (κ2) is 12.8. The van der Waals surface area contributed by atoms with Gasteiger partial charge < -0.3 is 24.6 Å². The average Bonchev–Trinajstić information content (AvgIpc) is 3.01. The standard InChI is InChI=1S/C31H21N5O7/c32-18-21-14-15-25(41-23-11-5-2-6-12-23)26(16-21)43-31-34-28(33-19-20-8-3-1-4-9-20)27(36(39)40)29(35-31)42-24-13-7-10-22(17-24)30(37)38/h1-17H,19H2,(H,37,38)(H,33,34,35). The maximum atomic E-state index is 12.2. The van der Waals surface area contributed by atoms with E-state index in [1.165, 1.54) is 36.4 Å². The van der Waals surface area contributed by atoms with Gasteiger partial charge in [-0.05, 0) is 48.0 Å². The molecule has 12 heteroatoms. The van der Waals surface area contributed by atoms with Crippen molar-refractivity contribution in [2.24, 2.45) is 0 Å². The molecule has 2 N–H and O–H groups in total. The first-order valence-corrected chi connectivity index (χ1v) is 12.7. The lowest BCUT2D eigenvalue weighted by Crippen LogP contribution is -2.09. The monoisotopic (exact) mass is 575 g/mol. The predicted octanol–water partition coefficient (Wildman–Crippen LogP) is 6.94. The Labute approximate surface area is 244 Å².